The van der Waals surface area contributed by atoms with Gasteiger partial charge in [-0.3, -0.25) is 4.79 Å². The average molecular weight is 271 g/mol. The Kier molecular flexibility index (Phi) is 2.84. The minimum Gasteiger partial charge on any atom is -0.313 e. The molecule has 0 unspecified atom stereocenters. The van der Waals surface area contributed by atoms with Gasteiger partial charge in [0.25, 0.3) is 5.56 Å². The third-order valence-electron chi connectivity index (χ3n) is 3.15. The fourth-order valence-electron chi connectivity index (χ4n) is 2.14. The van der Waals surface area contributed by atoms with Crippen LogP contribution in [0.5, 0.6) is 0 Å². The Morgan fingerprint density at radius 1 is 1.16 bits per heavy atom. The summed E-state index contributed by atoms with van der Waals surface area (Å²) in [4.78, 5) is 18.5. The third-order valence-corrected chi connectivity index (χ3v) is 3.39. The fraction of sp³-hybridized carbons (Fsp3) is 0.0667. The second-order valence-electron chi connectivity index (χ2n) is 4.42. The highest BCUT2D eigenvalue weighted by Gasteiger charge is 2.06. The molecule has 19 heavy (non-hydrogen) atoms. The summed E-state index contributed by atoms with van der Waals surface area (Å²) >= 11 is 6.04. The van der Waals surface area contributed by atoms with Crippen molar-refractivity contribution in [1.29, 1.82) is 0 Å². The van der Waals surface area contributed by atoms with E-state index < -0.39 is 0 Å². The predicted molar refractivity (Wildman–Crippen MR) is 77.5 cm³/mol. The first-order valence-corrected chi connectivity index (χ1v) is 6.27. The molecule has 0 aliphatic rings. The van der Waals surface area contributed by atoms with Gasteiger partial charge in [-0.1, -0.05) is 23.7 Å². The van der Waals surface area contributed by atoms with Gasteiger partial charge in [-0.2, -0.15) is 0 Å². The van der Waals surface area contributed by atoms with Crippen LogP contribution in [0.15, 0.2) is 47.5 Å². The van der Waals surface area contributed by atoms with E-state index in [0.717, 1.165) is 16.7 Å². The number of aromatic amines is 1. The SMILES string of the molecule is Cc1ccc(Cl)cc1-c1ccc2nc[nH]c(=O)c2c1. The predicted octanol–water partition coefficient (Wildman–Crippen LogP) is 3.55. The van der Waals surface area contributed by atoms with Gasteiger partial charge < -0.3 is 4.98 Å². The first kappa shape index (κ1) is 11.9. The maximum absolute atomic E-state index is 11.8. The summed E-state index contributed by atoms with van der Waals surface area (Å²) in [6.45, 7) is 2.02. The van der Waals surface area contributed by atoms with E-state index in [1.165, 1.54) is 6.33 Å². The highest BCUT2D eigenvalue weighted by Crippen LogP contribution is 2.27. The number of halogens is 1. The summed E-state index contributed by atoms with van der Waals surface area (Å²) < 4.78 is 0. The number of nitrogens with zero attached hydrogens (tertiary/aromatic N) is 1. The Morgan fingerprint density at radius 3 is 2.84 bits per heavy atom. The smallest absolute Gasteiger partial charge is 0.258 e. The molecule has 4 heteroatoms. The number of fused-ring (bicyclic) bond motifs is 1. The summed E-state index contributed by atoms with van der Waals surface area (Å²) in [5, 5.41) is 1.26. The van der Waals surface area contributed by atoms with Crippen molar-refractivity contribution >= 4 is 22.5 Å². The summed E-state index contributed by atoms with van der Waals surface area (Å²) in [5.41, 5.74) is 3.66. The van der Waals surface area contributed by atoms with Gasteiger partial charge in [0.05, 0.1) is 17.2 Å². The van der Waals surface area contributed by atoms with E-state index in [1.54, 1.807) is 0 Å². The summed E-state index contributed by atoms with van der Waals surface area (Å²) in [7, 11) is 0. The normalized spacial score (nSPS) is 10.8. The van der Waals surface area contributed by atoms with E-state index in [2.05, 4.69) is 9.97 Å². The lowest BCUT2D eigenvalue weighted by Crippen LogP contribution is -2.06. The van der Waals surface area contributed by atoms with Gasteiger partial charge in [0, 0.05) is 5.02 Å². The number of benzene rings is 2. The number of hydrogen-bond donors (Lipinski definition) is 1. The van der Waals surface area contributed by atoms with Crippen molar-refractivity contribution in [2.24, 2.45) is 0 Å². The molecular weight excluding hydrogens is 260 g/mol. The van der Waals surface area contributed by atoms with E-state index in [9.17, 15) is 4.79 Å². The Bertz CT molecular complexity index is 824. The highest BCUT2D eigenvalue weighted by atomic mass is 35.5. The Labute approximate surface area is 114 Å². The number of hydrogen-bond acceptors (Lipinski definition) is 2. The largest absolute Gasteiger partial charge is 0.313 e. The standard InChI is InChI=1S/C15H11ClN2O/c1-9-2-4-11(16)7-12(9)10-3-5-14-13(6-10)15(19)18-8-17-14/h2-8H,1H3,(H,17,18,19). The fourth-order valence-corrected chi connectivity index (χ4v) is 2.31. The average Bonchev–Trinajstić information content (AvgIpc) is 2.42. The molecule has 0 atom stereocenters. The van der Waals surface area contributed by atoms with Crippen LogP contribution in [-0.4, -0.2) is 9.97 Å². The lowest BCUT2D eigenvalue weighted by atomic mass is 9.99. The minimum absolute atomic E-state index is 0.133. The van der Waals surface area contributed by atoms with Crippen LogP contribution >= 0.6 is 11.6 Å². The molecule has 3 rings (SSSR count). The van der Waals surface area contributed by atoms with Crippen LogP contribution in [0.2, 0.25) is 5.02 Å². The molecule has 3 aromatic rings. The van der Waals surface area contributed by atoms with Crippen molar-refractivity contribution in [1.82, 2.24) is 9.97 Å². The van der Waals surface area contributed by atoms with Crippen LogP contribution in [0.3, 0.4) is 0 Å². The molecule has 1 N–H and O–H groups in total. The van der Waals surface area contributed by atoms with Crippen LogP contribution < -0.4 is 5.56 Å². The minimum atomic E-state index is -0.133. The zero-order chi connectivity index (χ0) is 13.4. The molecule has 0 amide bonds. The molecule has 0 fully saturated rings. The monoisotopic (exact) mass is 270 g/mol. The number of rotatable bonds is 1. The molecule has 0 radical (unpaired) electrons. The van der Waals surface area contributed by atoms with Crippen molar-refractivity contribution in [2.75, 3.05) is 0 Å². The van der Waals surface area contributed by atoms with Gasteiger partial charge in [0.2, 0.25) is 0 Å². The Morgan fingerprint density at radius 2 is 2.00 bits per heavy atom. The Balaban J connectivity index is 2.29. The lowest BCUT2D eigenvalue weighted by molar-refractivity contribution is 1.17. The quantitative estimate of drug-likeness (QED) is 0.735. The summed E-state index contributed by atoms with van der Waals surface area (Å²) in [6, 6.07) is 11.4. The molecule has 0 spiro atoms. The highest BCUT2D eigenvalue weighted by molar-refractivity contribution is 6.30. The molecule has 0 aliphatic heterocycles. The van der Waals surface area contributed by atoms with Crippen molar-refractivity contribution in [3.63, 3.8) is 0 Å². The van der Waals surface area contributed by atoms with E-state index >= 15 is 0 Å². The van der Waals surface area contributed by atoms with Crippen molar-refractivity contribution in [2.45, 2.75) is 6.92 Å². The van der Waals surface area contributed by atoms with Crippen molar-refractivity contribution in [3.8, 4) is 11.1 Å². The van der Waals surface area contributed by atoms with Gasteiger partial charge >= 0.3 is 0 Å². The van der Waals surface area contributed by atoms with E-state index in [0.29, 0.717) is 15.9 Å². The van der Waals surface area contributed by atoms with Gasteiger partial charge in [-0.25, -0.2) is 4.98 Å². The molecule has 0 saturated carbocycles. The molecule has 1 heterocycles. The molecule has 0 saturated heterocycles. The van der Waals surface area contributed by atoms with Gasteiger partial charge in [-0.15, -0.1) is 0 Å². The second kappa shape index (κ2) is 4.52. The molecular formula is C15H11ClN2O. The number of H-pyrrole nitrogens is 1. The maximum Gasteiger partial charge on any atom is 0.258 e. The van der Waals surface area contributed by atoms with Crippen LogP contribution in [0.25, 0.3) is 22.0 Å². The van der Waals surface area contributed by atoms with Crippen molar-refractivity contribution in [3.05, 3.63) is 63.7 Å². The van der Waals surface area contributed by atoms with Gasteiger partial charge in [0.15, 0.2) is 0 Å². The molecule has 1 aromatic heterocycles. The van der Waals surface area contributed by atoms with Crippen LogP contribution in [0.4, 0.5) is 0 Å². The Hall–Kier alpha value is -2.13. The second-order valence-corrected chi connectivity index (χ2v) is 4.86. The third kappa shape index (κ3) is 2.13. The number of aryl methyl sites for hydroxylation is 1. The zero-order valence-electron chi connectivity index (χ0n) is 10.3. The van der Waals surface area contributed by atoms with Crippen LogP contribution in [0.1, 0.15) is 5.56 Å². The molecule has 0 aliphatic carbocycles. The number of aromatic nitrogens is 2. The molecule has 2 aromatic carbocycles. The first-order chi connectivity index (χ1) is 9.15. The summed E-state index contributed by atoms with van der Waals surface area (Å²) in [6.07, 6.45) is 1.41. The maximum atomic E-state index is 11.8. The zero-order valence-corrected chi connectivity index (χ0v) is 11.0. The lowest BCUT2D eigenvalue weighted by Gasteiger charge is -2.07. The molecule has 0 bridgehead atoms. The topological polar surface area (TPSA) is 45.8 Å². The van der Waals surface area contributed by atoms with Crippen LogP contribution in [0, 0.1) is 6.92 Å². The van der Waals surface area contributed by atoms with Gasteiger partial charge in [-0.05, 0) is 47.9 Å². The van der Waals surface area contributed by atoms with E-state index in [1.807, 2.05) is 43.3 Å². The molecule has 94 valence electrons. The first-order valence-electron chi connectivity index (χ1n) is 5.89. The van der Waals surface area contributed by atoms with E-state index in [4.69, 9.17) is 11.6 Å². The summed E-state index contributed by atoms with van der Waals surface area (Å²) in [5.74, 6) is 0. The van der Waals surface area contributed by atoms with Gasteiger partial charge in [0.1, 0.15) is 0 Å². The molecule has 3 nitrogen and oxygen atoms in total. The van der Waals surface area contributed by atoms with Crippen LogP contribution in [-0.2, 0) is 0 Å². The number of nitrogens with one attached hydrogen (secondary N) is 1. The van der Waals surface area contributed by atoms with E-state index in [-0.39, 0.29) is 5.56 Å². The van der Waals surface area contributed by atoms with Crippen molar-refractivity contribution < 1.29 is 0 Å².